The number of aromatic amines is 1. The molecule has 0 atom stereocenters. The normalized spacial score (nSPS) is 11.2. The third-order valence-corrected chi connectivity index (χ3v) is 3.43. The minimum Gasteiger partial charge on any atom is -0.455 e. The second-order valence-electron chi connectivity index (χ2n) is 4.74. The molecule has 0 aliphatic heterocycles. The quantitative estimate of drug-likeness (QED) is 0.564. The molecule has 0 spiro atoms. The number of hydrogen-bond donors (Lipinski definition) is 1. The lowest BCUT2D eigenvalue weighted by molar-refractivity contribution is 0.629. The van der Waals surface area contributed by atoms with Crippen molar-refractivity contribution in [2.75, 3.05) is 0 Å². The van der Waals surface area contributed by atoms with E-state index >= 15 is 0 Å². The van der Waals surface area contributed by atoms with Crippen LogP contribution >= 0.6 is 0 Å². The Morgan fingerprint density at radius 2 is 1.70 bits per heavy atom. The van der Waals surface area contributed by atoms with Gasteiger partial charge in [-0.25, -0.2) is 0 Å². The van der Waals surface area contributed by atoms with E-state index < -0.39 is 0 Å². The van der Waals surface area contributed by atoms with Gasteiger partial charge in [-0.05, 0) is 24.3 Å². The van der Waals surface area contributed by atoms with Crippen molar-refractivity contribution in [3.63, 3.8) is 0 Å². The molecule has 4 aromatic rings. The van der Waals surface area contributed by atoms with Gasteiger partial charge in [-0.1, -0.05) is 30.3 Å². The number of nitrogens with one attached hydrogen (secondary N) is 1. The SMILES string of the molecule is O=c1cc(-c2cc3ccccc3o2)[nH]c2ccccc12. The molecule has 3 nitrogen and oxygen atoms in total. The molecule has 0 radical (unpaired) electrons. The fourth-order valence-corrected chi connectivity index (χ4v) is 2.44. The van der Waals surface area contributed by atoms with Crippen LogP contribution in [0.25, 0.3) is 33.3 Å². The van der Waals surface area contributed by atoms with Gasteiger partial charge in [0.15, 0.2) is 11.2 Å². The highest BCUT2D eigenvalue weighted by atomic mass is 16.3. The summed E-state index contributed by atoms with van der Waals surface area (Å²) in [4.78, 5) is 15.4. The lowest BCUT2D eigenvalue weighted by Gasteiger charge is -2.01. The van der Waals surface area contributed by atoms with Gasteiger partial charge in [-0.15, -0.1) is 0 Å². The molecule has 2 heterocycles. The van der Waals surface area contributed by atoms with Gasteiger partial charge in [0.25, 0.3) is 0 Å². The van der Waals surface area contributed by atoms with Gasteiger partial charge in [0.2, 0.25) is 0 Å². The highest BCUT2D eigenvalue weighted by Crippen LogP contribution is 2.26. The Morgan fingerprint density at radius 3 is 2.60 bits per heavy atom. The third-order valence-electron chi connectivity index (χ3n) is 3.43. The summed E-state index contributed by atoms with van der Waals surface area (Å²) in [5.74, 6) is 0.675. The van der Waals surface area contributed by atoms with E-state index in [1.165, 1.54) is 0 Å². The zero-order valence-corrected chi connectivity index (χ0v) is 10.6. The Labute approximate surface area is 114 Å². The predicted molar refractivity (Wildman–Crippen MR) is 79.8 cm³/mol. The van der Waals surface area contributed by atoms with Gasteiger partial charge in [-0.3, -0.25) is 4.79 Å². The highest BCUT2D eigenvalue weighted by Gasteiger charge is 2.08. The summed E-state index contributed by atoms with van der Waals surface area (Å²) >= 11 is 0. The van der Waals surface area contributed by atoms with E-state index in [4.69, 9.17) is 4.42 Å². The molecule has 0 fully saturated rings. The monoisotopic (exact) mass is 261 g/mol. The van der Waals surface area contributed by atoms with Crippen LogP contribution in [-0.4, -0.2) is 4.98 Å². The zero-order chi connectivity index (χ0) is 13.5. The lowest BCUT2D eigenvalue weighted by atomic mass is 10.1. The van der Waals surface area contributed by atoms with Crippen molar-refractivity contribution in [3.8, 4) is 11.5 Å². The minimum atomic E-state index is -0.00481. The summed E-state index contributed by atoms with van der Waals surface area (Å²) in [6, 6.07) is 18.8. The number of rotatable bonds is 1. The lowest BCUT2D eigenvalue weighted by Crippen LogP contribution is -2.02. The largest absolute Gasteiger partial charge is 0.455 e. The van der Waals surface area contributed by atoms with Gasteiger partial charge >= 0.3 is 0 Å². The molecule has 4 rings (SSSR count). The van der Waals surface area contributed by atoms with Gasteiger partial charge in [0.1, 0.15) is 5.58 Å². The fraction of sp³-hybridized carbons (Fsp3) is 0. The van der Waals surface area contributed by atoms with Gasteiger partial charge in [0.05, 0.1) is 5.69 Å². The number of benzene rings is 2. The summed E-state index contributed by atoms with van der Waals surface area (Å²) < 4.78 is 5.79. The van der Waals surface area contributed by atoms with Crippen molar-refractivity contribution in [1.29, 1.82) is 0 Å². The maximum absolute atomic E-state index is 12.1. The first-order chi connectivity index (χ1) is 9.81. The van der Waals surface area contributed by atoms with Crippen molar-refractivity contribution in [1.82, 2.24) is 4.98 Å². The maximum Gasteiger partial charge on any atom is 0.190 e. The molecular weight excluding hydrogens is 250 g/mol. The molecule has 0 bridgehead atoms. The molecule has 1 N–H and O–H groups in total. The number of fused-ring (bicyclic) bond motifs is 2. The molecule has 0 aliphatic rings. The Hall–Kier alpha value is -2.81. The number of furan rings is 1. The van der Waals surface area contributed by atoms with Crippen LogP contribution in [-0.2, 0) is 0 Å². The van der Waals surface area contributed by atoms with E-state index in [1.807, 2.05) is 54.6 Å². The van der Waals surface area contributed by atoms with Crippen molar-refractivity contribution in [2.24, 2.45) is 0 Å². The first-order valence-corrected chi connectivity index (χ1v) is 6.42. The molecule has 0 saturated heterocycles. The number of hydrogen-bond acceptors (Lipinski definition) is 2. The molecule has 2 aromatic carbocycles. The third kappa shape index (κ3) is 1.64. The van der Waals surface area contributed by atoms with Crippen LogP contribution in [0.5, 0.6) is 0 Å². The molecule has 0 amide bonds. The molecule has 0 saturated carbocycles. The zero-order valence-electron chi connectivity index (χ0n) is 10.6. The van der Waals surface area contributed by atoms with E-state index in [1.54, 1.807) is 6.07 Å². The van der Waals surface area contributed by atoms with E-state index in [0.717, 1.165) is 16.5 Å². The number of pyridine rings is 1. The summed E-state index contributed by atoms with van der Waals surface area (Å²) in [7, 11) is 0. The Kier molecular flexibility index (Phi) is 2.27. The standard InChI is InChI=1S/C17H11NO2/c19-15-10-14(18-13-7-3-2-6-12(13)15)17-9-11-5-1-4-8-16(11)20-17/h1-10H,(H,18,19). The number of para-hydroxylation sites is 2. The van der Waals surface area contributed by atoms with Crippen LogP contribution in [0, 0.1) is 0 Å². The molecular formula is C17H11NO2. The van der Waals surface area contributed by atoms with Gasteiger partial charge in [0, 0.05) is 22.4 Å². The molecule has 0 aliphatic carbocycles. The Balaban J connectivity index is 1.99. The Morgan fingerprint density at radius 1 is 0.900 bits per heavy atom. The Bertz CT molecular complexity index is 946. The first kappa shape index (κ1) is 11.1. The van der Waals surface area contributed by atoms with Crippen LogP contribution in [0.3, 0.4) is 0 Å². The van der Waals surface area contributed by atoms with E-state index in [9.17, 15) is 4.79 Å². The second kappa shape index (κ2) is 4.10. The van der Waals surface area contributed by atoms with E-state index in [0.29, 0.717) is 16.8 Å². The predicted octanol–water partition coefficient (Wildman–Crippen LogP) is 3.94. The minimum absolute atomic E-state index is 0.00481. The maximum atomic E-state index is 12.1. The van der Waals surface area contributed by atoms with Crippen LogP contribution in [0.1, 0.15) is 0 Å². The van der Waals surface area contributed by atoms with Crippen LogP contribution in [0.15, 0.2) is 69.9 Å². The number of aromatic nitrogens is 1. The number of H-pyrrole nitrogens is 1. The molecule has 3 heteroatoms. The average molecular weight is 261 g/mol. The topological polar surface area (TPSA) is 46.0 Å². The molecule has 20 heavy (non-hydrogen) atoms. The highest BCUT2D eigenvalue weighted by molar-refractivity contribution is 5.84. The van der Waals surface area contributed by atoms with Crippen molar-refractivity contribution < 1.29 is 4.42 Å². The van der Waals surface area contributed by atoms with Gasteiger partial charge < -0.3 is 9.40 Å². The molecule has 96 valence electrons. The second-order valence-corrected chi connectivity index (χ2v) is 4.74. The van der Waals surface area contributed by atoms with Crippen molar-refractivity contribution >= 4 is 21.9 Å². The molecule has 0 unspecified atom stereocenters. The fourth-order valence-electron chi connectivity index (χ4n) is 2.44. The van der Waals surface area contributed by atoms with Crippen LogP contribution < -0.4 is 5.43 Å². The summed E-state index contributed by atoms with van der Waals surface area (Å²) in [5.41, 5.74) is 2.33. The molecule has 2 aromatic heterocycles. The van der Waals surface area contributed by atoms with Crippen molar-refractivity contribution in [3.05, 3.63) is 70.9 Å². The van der Waals surface area contributed by atoms with Crippen molar-refractivity contribution in [2.45, 2.75) is 0 Å². The first-order valence-electron chi connectivity index (χ1n) is 6.42. The van der Waals surface area contributed by atoms with E-state index in [-0.39, 0.29) is 5.43 Å². The summed E-state index contributed by atoms with van der Waals surface area (Å²) in [5, 5.41) is 1.71. The van der Waals surface area contributed by atoms with Crippen LogP contribution in [0.2, 0.25) is 0 Å². The van der Waals surface area contributed by atoms with Crippen LogP contribution in [0.4, 0.5) is 0 Å². The summed E-state index contributed by atoms with van der Waals surface area (Å²) in [6.07, 6.45) is 0. The van der Waals surface area contributed by atoms with Gasteiger partial charge in [-0.2, -0.15) is 0 Å². The summed E-state index contributed by atoms with van der Waals surface area (Å²) in [6.45, 7) is 0. The average Bonchev–Trinajstić information content (AvgIpc) is 2.91. The van der Waals surface area contributed by atoms with E-state index in [2.05, 4.69) is 4.98 Å². The smallest absolute Gasteiger partial charge is 0.190 e.